The zero-order valence-electron chi connectivity index (χ0n) is 9.12. The quantitative estimate of drug-likeness (QED) is 0.782. The molecular weight excluding hydrogens is 188 g/mol. The number of aryl methyl sites for hydroxylation is 2. The second kappa shape index (κ2) is 3.59. The van der Waals surface area contributed by atoms with Crippen molar-refractivity contribution in [2.24, 2.45) is 12.8 Å². The first-order chi connectivity index (χ1) is 7.13. The molecule has 3 N–H and O–H groups in total. The van der Waals surface area contributed by atoms with Gasteiger partial charge in [-0.05, 0) is 43.1 Å². The van der Waals surface area contributed by atoms with Crippen molar-refractivity contribution in [2.45, 2.75) is 13.3 Å². The topological polar surface area (TPSA) is 51.2 Å². The van der Waals surface area contributed by atoms with Gasteiger partial charge in [-0.15, -0.1) is 0 Å². The third kappa shape index (κ3) is 1.59. The van der Waals surface area contributed by atoms with Gasteiger partial charge in [0.1, 0.15) is 5.75 Å². The van der Waals surface area contributed by atoms with Gasteiger partial charge in [-0.25, -0.2) is 0 Å². The standard InChI is InChI=1S/C12H16N2O/c1-8-5-10-9(3-4-13)7-14(2)12(10)11(15)6-8/h5-7,15H,3-4,13H2,1-2H3. The highest BCUT2D eigenvalue weighted by molar-refractivity contribution is 5.89. The van der Waals surface area contributed by atoms with E-state index in [1.165, 1.54) is 5.56 Å². The molecule has 2 aromatic rings. The van der Waals surface area contributed by atoms with Crippen LogP contribution in [0.5, 0.6) is 5.75 Å². The minimum Gasteiger partial charge on any atom is -0.506 e. The van der Waals surface area contributed by atoms with Gasteiger partial charge >= 0.3 is 0 Å². The minimum atomic E-state index is 0.343. The van der Waals surface area contributed by atoms with Gasteiger partial charge in [-0.3, -0.25) is 0 Å². The predicted octanol–water partition coefficient (Wildman–Crippen LogP) is 1.69. The first kappa shape index (κ1) is 10.1. The number of hydrogen-bond acceptors (Lipinski definition) is 2. The van der Waals surface area contributed by atoms with Gasteiger partial charge in [-0.2, -0.15) is 0 Å². The second-order valence-electron chi connectivity index (χ2n) is 3.98. The van der Waals surface area contributed by atoms with Crippen molar-refractivity contribution in [1.82, 2.24) is 4.57 Å². The molecule has 0 spiro atoms. The molecule has 0 fully saturated rings. The number of rotatable bonds is 2. The van der Waals surface area contributed by atoms with Crippen LogP contribution in [-0.2, 0) is 13.5 Å². The zero-order valence-corrected chi connectivity index (χ0v) is 9.12. The highest BCUT2D eigenvalue weighted by atomic mass is 16.3. The van der Waals surface area contributed by atoms with E-state index in [-0.39, 0.29) is 0 Å². The summed E-state index contributed by atoms with van der Waals surface area (Å²) in [6.45, 7) is 2.62. The molecule has 0 bridgehead atoms. The van der Waals surface area contributed by atoms with Crippen LogP contribution in [-0.4, -0.2) is 16.2 Å². The Bertz CT molecular complexity index is 500. The van der Waals surface area contributed by atoms with E-state index in [9.17, 15) is 5.11 Å². The van der Waals surface area contributed by atoms with Crippen LogP contribution in [0.25, 0.3) is 10.9 Å². The largest absolute Gasteiger partial charge is 0.506 e. The Labute approximate surface area is 89.1 Å². The van der Waals surface area contributed by atoms with Gasteiger partial charge in [0.25, 0.3) is 0 Å². The zero-order chi connectivity index (χ0) is 11.0. The van der Waals surface area contributed by atoms with Crippen LogP contribution in [0.1, 0.15) is 11.1 Å². The van der Waals surface area contributed by atoms with E-state index < -0.39 is 0 Å². The summed E-state index contributed by atoms with van der Waals surface area (Å²) in [5, 5.41) is 11.0. The molecule has 1 aromatic heterocycles. The summed E-state index contributed by atoms with van der Waals surface area (Å²) in [7, 11) is 1.94. The molecule has 0 radical (unpaired) electrons. The lowest BCUT2D eigenvalue weighted by atomic mass is 10.1. The highest BCUT2D eigenvalue weighted by Crippen LogP contribution is 2.30. The van der Waals surface area contributed by atoms with Crippen molar-refractivity contribution in [3.8, 4) is 5.75 Å². The summed E-state index contributed by atoms with van der Waals surface area (Å²) < 4.78 is 1.95. The molecule has 0 aliphatic carbocycles. The molecule has 80 valence electrons. The summed E-state index contributed by atoms with van der Waals surface area (Å²) in [4.78, 5) is 0. The Kier molecular flexibility index (Phi) is 2.40. The normalized spacial score (nSPS) is 11.1. The summed E-state index contributed by atoms with van der Waals surface area (Å²) in [5.74, 6) is 0.343. The number of nitrogens with two attached hydrogens (primary N) is 1. The van der Waals surface area contributed by atoms with Crippen LogP contribution in [0.4, 0.5) is 0 Å². The van der Waals surface area contributed by atoms with Gasteiger partial charge in [0, 0.05) is 18.6 Å². The maximum absolute atomic E-state index is 9.86. The molecule has 3 nitrogen and oxygen atoms in total. The molecule has 1 aromatic carbocycles. The van der Waals surface area contributed by atoms with E-state index in [0.29, 0.717) is 12.3 Å². The van der Waals surface area contributed by atoms with Crippen LogP contribution >= 0.6 is 0 Å². The number of nitrogens with zero attached hydrogens (tertiary/aromatic N) is 1. The Morgan fingerprint density at radius 2 is 2.13 bits per heavy atom. The number of hydrogen-bond donors (Lipinski definition) is 2. The molecule has 3 heteroatoms. The van der Waals surface area contributed by atoms with Gasteiger partial charge in [0.2, 0.25) is 0 Å². The van der Waals surface area contributed by atoms with Crippen LogP contribution in [0.3, 0.4) is 0 Å². The van der Waals surface area contributed by atoms with Crippen LogP contribution in [0, 0.1) is 6.92 Å². The molecule has 15 heavy (non-hydrogen) atoms. The van der Waals surface area contributed by atoms with Gasteiger partial charge in [0.15, 0.2) is 0 Å². The van der Waals surface area contributed by atoms with E-state index in [0.717, 1.165) is 22.9 Å². The number of phenolic OH excluding ortho intramolecular Hbond substituents is 1. The molecule has 0 aliphatic rings. The summed E-state index contributed by atoms with van der Waals surface area (Å²) in [6, 6.07) is 3.88. The maximum Gasteiger partial charge on any atom is 0.140 e. The molecule has 2 rings (SSSR count). The average molecular weight is 204 g/mol. The highest BCUT2D eigenvalue weighted by Gasteiger charge is 2.10. The molecule has 0 amide bonds. The van der Waals surface area contributed by atoms with Crippen LogP contribution in [0.15, 0.2) is 18.3 Å². The van der Waals surface area contributed by atoms with Crippen molar-refractivity contribution >= 4 is 10.9 Å². The fourth-order valence-corrected chi connectivity index (χ4v) is 2.10. The fourth-order valence-electron chi connectivity index (χ4n) is 2.10. The van der Waals surface area contributed by atoms with Crippen molar-refractivity contribution in [1.29, 1.82) is 0 Å². The Balaban J connectivity index is 2.75. The summed E-state index contributed by atoms with van der Waals surface area (Å²) in [5.41, 5.74) is 8.73. The molecule has 0 unspecified atom stereocenters. The van der Waals surface area contributed by atoms with E-state index in [1.807, 2.05) is 24.7 Å². The van der Waals surface area contributed by atoms with Crippen molar-refractivity contribution in [3.05, 3.63) is 29.5 Å². The summed E-state index contributed by atoms with van der Waals surface area (Å²) in [6.07, 6.45) is 2.89. The lowest BCUT2D eigenvalue weighted by Gasteiger charge is -2.02. The van der Waals surface area contributed by atoms with E-state index in [1.54, 1.807) is 6.07 Å². The van der Waals surface area contributed by atoms with Gasteiger partial charge < -0.3 is 15.4 Å². The first-order valence-corrected chi connectivity index (χ1v) is 5.11. The Morgan fingerprint density at radius 1 is 1.40 bits per heavy atom. The number of benzene rings is 1. The lowest BCUT2D eigenvalue weighted by molar-refractivity contribution is 0.478. The third-order valence-corrected chi connectivity index (χ3v) is 2.70. The molecule has 0 aliphatic heterocycles. The molecule has 0 atom stereocenters. The number of aromatic nitrogens is 1. The predicted molar refractivity (Wildman–Crippen MR) is 62.1 cm³/mol. The van der Waals surface area contributed by atoms with Gasteiger partial charge in [-0.1, -0.05) is 0 Å². The maximum atomic E-state index is 9.86. The number of fused-ring (bicyclic) bond motifs is 1. The monoisotopic (exact) mass is 204 g/mol. The number of phenols is 1. The molecule has 0 saturated heterocycles. The average Bonchev–Trinajstić information content (AvgIpc) is 2.43. The van der Waals surface area contributed by atoms with Gasteiger partial charge in [0.05, 0.1) is 5.52 Å². The number of aromatic hydroxyl groups is 1. The molecule has 1 heterocycles. The van der Waals surface area contributed by atoms with E-state index >= 15 is 0 Å². The van der Waals surface area contributed by atoms with Crippen LogP contribution in [0.2, 0.25) is 0 Å². The third-order valence-electron chi connectivity index (χ3n) is 2.70. The second-order valence-corrected chi connectivity index (χ2v) is 3.98. The lowest BCUT2D eigenvalue weighted by Crippen LogP contribution is -2.01. The fraction of sp³-hybridized carbons (Fsp3) is 0.333. The summed E-state index contributed by atoms with van der Waals surface area (Å²) >= 11 is 0. The SMILES string of the molecule is Cc1cc(O)c2c(c1)c(CCN)cn2C. The van der Waals surface area contributed by atoms with Crippen molar-refractivity contribution < 1.29 is 5.11 Å². The van der Waals surface area contributed by atoms with Crippen LogP contribution < -0.4 is 5.73 Å². The molecule has 0 saturated carbocycles. The van der Waals surface area contributed by atoms with E-state index in [2.05, 4.69) is 6.07 Å². The van der Waals surface area contributed by atoms with Crippen molar-refractivity contribution in [3.63, 3.8) is 0 Å². The van der Waals surface area contributed by atoms with E-state index in [4.69, 9.17) is 5.73 Å². The Hall–Kier alpha value is -1.48. The first-order valence-electron chi connectivity index (χ1n) is 5.11. The Morgan fingerprint density at radius 3 is 2.80 bits per heavy atom. The molecular formula is C12H16N2O. The van der Waals surface area contributed by atoms with Crippen molar-refractivity contribution in [2.75, 3.05) is 6.54 Å². The smallest absolute Gasteiger partial charge is 0.140 e. The minimum absolute atomic E-state index is 0.343.